The van der Waals surface area contributed by atoms with Crippen LogP contribution in [0.15, 0.2) is 48.7 Å². The molecule has 1 N–H and O–H groups in total. The molecule has 0 saturated carbocycles. The van der Waals surface area contributed by atoms with Crippen LogP contribution in [0.2, 0.25) is 0 Å². The molecule has 0 radical (unpaired) electrons. The van der Waals surface area contributed by atoms with Crippen molar-refractivity contribution in [1.82, 2.24) is 9.38 Å². The summed E-state index contributed by atoms with van der Waals surface area (Å²) in [6.07, 6.45) is 5.31. The Balaban J connectivity index is 2.05. The number of aryl methyl sites for hydroxylation is 1. The van der Waals surface area contributed by atoms with Crippen molar-refractivity contribution in [2.24, 2.45) is 0 Å². The topological polar surface area (TPSA) is 54.6 Å². The molecule has 0 aliphatic carbocycles. The number of rotatable bonds is 3. The lowest BCUT2D eigenvalue weighted by Crippen LogP contribution is -2.03. The van der Waals surface area contributed by atoms with Crippen LogP contribution in [0.25, 0.3) is 17.8 Å². The average molecular weight is 278 g/mol. The number of aromatic nitrogens is 2. The molecule has 4 nitrogen and oxygen atoms in total. The summed E-state index contributed by atoms with van der Waals surface area (Å²) in [4.78, 5) is 15.8. The summed E-state index contributed by atoms with van der Waals surface area (Å²) in [6, 6.07) is 13.4. The first kappa shape index (κ1) is 13.1. The highest BCUT2D eigenvalue weighted by Crippen LogP contribution is 2.16. The highest BCUT2D eigenvalue weighted by Gasteiger charge is 2.15. The fourth-order valence-electron chi connectivity index (χ4n) is 2.20. The van der Waals surface area contributed by atoms with Crippen LogP contribution in [0.1, 0.15) is 27.3 Å². The zero-order valence-electron chi connectivity index (χ0n) is 11.5. The second-order valence-electron chi connectivity index (χ2n) is 4.82. The molecule has 2 aromatic heterocycles. The largest absolute Gasteiger partial charge is 0.476 e. The maximum atomic E-state index is 11.5. The molecule has 3 rings (SSSR count). The number of carboxylic acids is 1. The van der Waals surface area contributed by atoms with Gasteiger partial charge in [-0.1, -0.05) is 42.0 Å². The minimum absolute atomic E-state index is 0.175. The zero-order valence-corrected chi connectivity index (χ0v) is 11.5. The van der Waals surface area contributed by atoms with Gasteiger partial charge in [0.05, 0.1) is 5.69 Å². The zero-order chi connectivity index (χ0) is 14.8. The van der Waals surface area contributed by atoms with Crippen molar-refractivity contribution in [1.29, 1.82) is 0 Å². The fourth-order valence-corrected chi connectivity index (χ4v) is 2.20. The second-order valence-corrected chi connectivity index (χ2v) is 4.82. The van der Waals surface area contributed by atoms with Crippen molar-refractivity contribution in [2.75, 3.05) is 0 Å². The van der Waals surface area contributed by atoms with Crippen molar-refractivity contribution in [3.63, 3.8) is 0 Å². The molecular weight excluding hydrogens is 264 g/mol. The van der Waals surface area contributed by atoms with Crippen molar-refractivity contribution < 1.29 is 9.90 Å². The Bertz CT molecular complexity index is 830. The Morgan fingerprint density at radius 2 is 1.90 bits per heavy atom. The van der Waals surface area contributed by atoms with E-state index in [1.165, 1.54) is 5.56 Å². The molecule has 0 bridgehead atoms. The van der Waals surface area contributed by atoms with E-state index in [1.54, 1.807) is 28.8 Å². The molecule has 104 valence electrons. The second kappa shape index (κ2) is 5.25. The minimum atomic E-state index is -0.989. The van der Waals surface area contributed by atoms with Gasteiger partial charge < -0.3 is 5.11 Å². The van der Waals surface area contributed by atoms with E-state index < -0.39 is 5.97 Å². The number of carbonyl (C=O) groups is 1. The third-order valence-electron chi connectivity index (χ3n) is 3.27. The van der Waals surface area contributed by atoms with Crippen molar-refractivity contribution in [3.8, 4) is 0 Å². The highest BCUT2D eigenvalue weighted by molar-refractivity contribution is 5.92. The van der Waals surface area contributed by atoms with Gasteiger partial charge in [-0.2, -0.15) is 0 Å². The highest BCUT2D eigenvalue weighted by atomic mass is 16.4. The summed E-state index contributed by atoms with van der Waals surface area (Å²) in [5.74, 6) is -0.989. The first-order valence-corrected chi connectivity index (χ1v) is 6.60. The smallest absolute Gasteiger partial charge is 0.355 e. The van der Waals surface area contributed by atoms with E-state index in [1.807, 2.05) is 43.3 Å². The van der Waals surface area contributed by atoms with Crippen LogP contribution in [0, 0.1) is 6.92 Å². The number of fused-ring (bicyclic) bond motifs is 1. The molecule has 0 unspecified atom stereocenters. The summed E-state index contributed by atoms with van der Waals surface area (Å²) in [6.45, 7) is 2.03. The number of aromatic carboxylic acids is 1. The van der Waals surface area contributed by atoms with Crippen molar-refractivity contribution >= 4 is 23.8 Å². The maximum absolute atomic E-state index is 11.5. The number of carboxylic acid groups (broad SMARTS) is 1. The standard InChI is InChI=1S/C17H14N2O2/c1-12-5-7-13(8-6-12)9-10-14-16(17(20)21)19-11-3-2-4-15(19)18-14/h2-11H,1H3,(H,20,21)/b10-9+. The first-order valence-electron chi connectivity index (χ1n) is 6.60. The molecule has 4 heteroatoms. The third kappa shape index (κ3) is 2.56. The van der Waals surface area contributed by atoms with Gasteiger partial charge in [0, 0.05) is 6.20 Å². The molecule has 3 aromatic rings. The number of pyridine rings is 1. The van der Waals surface area contributed by atoms with Gasteiger partial charge in [-0.25, -0.2) is 9.78 Å². The minimum Gasteiger partial charge on any atom is -0.476 e. The Labute approximate surface area is 122 Å². The Kier molecular flexibility index (Phi) is 3.28. The van der Waals surface area contributed by atoms with E-state index in [9.17, 15) is 9.90 Å². The monoisotopic (exact) mass is 278 g/mol. The Morgan fingerprint density at radius 3 is 2.62 bits per heavy atom. The summed E-state index contributed by atoms with van der Waals surface area (Å²) < 4.78 is 1.58. The third-order valence-corrected chi connectivity index (χ3v) is 3.27. The predicted molar refractivity (Wildman–Crippen MR) is 82.3 cm³/mol. The van der Waals surface area contributed by atoms with Gasteiger partial charge in [0.2, 0.25) is 0 Å². The summed E-state index contributed by atoms with van der Waals surface area (Å²) in [5.41, 5.74) is 3.45. The van der Waals surface area contributed by atoms with Gasteiger partial charge in [0.1, 0.15) is 5.65 Å². The van der Waals surface area contributed by atoms with Crippen LogP contribution in [-0.2, 0) is 0 Å². The van der Waals surface area contributed by atoms with Gasteiger partial charge >= 0.3 is 5.97 Å². The van der Waals surface area contributed by atoms with Crippen LogP contribution in [0.5, 0.6) is 0 Å². The Morgan fingerprint density at radius 1 is 1.14 bits per heavy atom. The normalized spacial score (nSPS) is 11.3. The predicted octanol–water partition coefficient (Wildman–Crippen LogP) is 3.51. The molecule has 1 aromatic carbocycles. The summed E-state index contributed by atoms with van der Waals surface area (Å²) >= 11 is 0. The molecule has 0 aliphatic rings. The SMILES string of the molecule is Cc1ccc(/C=C/c2nc3ccccn3c2C(=O)O)cc1. The van der Waals surface area contributed by atoms with E-state index >= 15 is 0 Å². The van der Waals surface area contributed by atoms with Crippen LogP contribution >= 0.6 is 0 Å². The lowest BCUT2D eigenvalue weighted by molar-refractivity contribution is 0.0689. The number of hydrogen-bond acceptors (Lipinski definition) is 2. The van der Waals surface area contributed by atoms with Crippen molar-refractivity contribution in [2.45, 2.75) is 6.92 Å². The van der Waals surface area contributed by atoms with E-state index in [0.717, 1.165) is 5.56 Å². The molecule has 0 aliphatic heterocycles. The van der Waals surface area contributed by atoms with Gasteiger partial charge in [-0.3, -0.25) is 4.40 Å². The summed E-state index contributed by atoms with van der Waals surface area (Å²) in [5, 5.41) is 9.39. The molecule has 21 heavy (non-hydrogen) atoms. The Hall–Kier alpha value is -2.88. The van der Waals surface area contributed by atoms with Crippen LogP contribution in [0.3, 0.4) is 0 Å². The summed E-state index contributed by atoms with van der Waals surface area (Å²) in [7, 11) is 0. The van der Waals surface area contributed by atoms with Gasteiger partial charge in [0.15, 0.2) is 5.69 Å². The molecule has 0 atom stereocenters. The van der Waals surface area contributed by atoms with Crippen LogP contribution < -0.4 is 0 Å². The first-order chi connectivity index (χ1) is 10.1. The number of nitrogens with zero attached hydrogens (tertiary/aromatic N) is 2. The number of hydrogen-bond donors (Lipinski definition) is 1. The molecule has 0 spiro atoms. The van der Waals surface area contributed by atoms with E-state index in [-0.39, 0.29) is 5.69 Å². The van der Waals surface area contributed by atoms with Gasteiger partial charge in [-0.05, 0) is 30.7 Å². The molecular formula is C17H14N2O2. The maximum Gasteiger partial charge on any atom is 0.355 e. The average Bonchev–Trinajstić information content (AvgIpc) is 2.85. The van der Waals surface area contributed by atoms with Crippen LogP contribution in [-0.4, -0.2) is 20.5 Å². The molecule has 0 saturated heterocycles. The fraction of sp³-hybridized carbons (Fsp3) is 0.0588. The quantitative estimate of drug-likeness (QED) is 0.797. The molecule has 0 amide bonds. The lowest BCUT2D eigenvalue weighted by Gasteiger charge is -1.97. The van der Waals surface area contributed by atoms with E-state index in [4.69, 9.17) is 0 Å². The van der Waals surface area contributed by atoms with Gasteiger partial charge in [-0.15, -0.1) is 0 Å². The van der Waals surface area contributed by atoms with Crippen LogP contribution in [0.4, 0.5) is 0 Å². The number of imidazole rings is 1. The van der Waals surface area contributed by atoms with Crippen molar-refractivity contribution in [3.05, 3.63) is 71.2 Å². The van der Waals surface area contributed by atoms with Gasteiger partial charge in [0.25, 0.3) is 0 Å². The molecule has 0 fully saturated rings. The lowest BCUT2D eigenvalue weighted by atomic mass is 10.1. The number of benzene rings is 1. The van der Waals surface area contributed by atoms with E-state index in [0.29, 0.717) is 11.3 Å². The molecule has 2 heterocycles. The van der Waals surface area contributed by atoms with E-state index in [2.05, 4.69) is 4.98 Å².